The molecule has 0 saturated carbocycles. The largest absolute Gasteiger partial charge is 0.460 e. The van der Waals surface area contributed by atoms with Crippen LogP contribution in [-0.4, -0.2) is 6.04 Å². The zero-order valence-corrected chi connectivity index (χ0v) is 12.0. The summed E-state index contributed by atoms with van der Waals surface area (Å²) in [4.78, 5) is 0. The van der Waals surface area contributed by atoms with Gasteiger partial charge in [0.25, 0.3) is 0 Å². The molecule has 2 aromatic carbocycles. The van der Waals surface area contributed by atoms with E-state index in [9.17, 15) is 4.39 Å². The van der Waals surface area contributed by atoms with Gasteiger partial charge in [-0.3, -0.25) is 0 Å². The van der Waals surface area contributed by atoms with Crippen LogP contribution in [0.5, 0.6) is 0 Å². The fourth-order valence-electron chi connectivity index (χ4n) is 2.45. The normalized spacial score (nSPS) is 12.7. The van der Waals surface area contributed by atoms with Gasteiger partial charge in [0.2, 0.25) is 0 Å². The maximum absolute atomic E-state index is 12.9. The molecule has 0 amide bonds. The van der Waals surface area contributed by atoms with E-state index in [1.54, 1.807) is 0 Å². The summed E-state index contributed by atoms with van der Waals surface area (Å²) in [6.45, 7) is 2.81. The summed E-state index contributed by atoms with van der Waals surface area (Å²) in [6.07, 6.45) is 0.862. The Morgan fingerprint density at radius 1 is 1.10 bits per heavy atom. The molecular weight excluding hydrogens is 265 g/mol. The molecule has 1 aromatic heterocycles. The summed E-state index contributed by atoms with van der Waals surface area (Å²) in [6, 6.07) is 17.0. The monoisotopic (exact) mass is 283 g/mol. The molecule has 3 heteroatoms. The van der Waals surface area contributed by atoms with Crippen molar-refractivity contribution in [1.82, 2.24) is 5.32 Å². The van der Waals surface area contributed by atoms with Crippen molar-refractivity contribution in [2.24, 2.45) is 0 Å². The van der Waals surface area contributed by atoms with Crippen LogP contribution < -0.4 is 5.32 Å². The molecule has 0 bridgehead atoms. The highest BCUT2D eigenvalue weighted by Gasteiger charge is 2.06. The summed E-state index contributed by atoms with van der Waals surface area (Å²) in [5, 5.41) is 4.56. The second kappa shape index (κ2) is 6.10. The van der Waals surface area contributed by atoms with E-state index in [0.29, 0.717) is 12.6 Å². The van der Waals surface area contributed by atoms with E-state index >= 15 is 0 Å². The van der Waals surface area contributed by atoms with Crippen LogP contribution in [-0.2, 0) is 13.0 Å². The molecule has 2 nitrogen and oxygen atoms in total. The first kappa shape index (κ1) is 13.8. The minimum Gasteiger partial charge on any atom is -0.460 e. The maximum atomic E-state index is 12.9. The predicted octanol–water partition coefficient (Wildman–Crippen LogP) is 4.29. The van der Waals surface area contributed by atoms with Crippen LogP contribution in [0.1, 0.15) is 18.2 Å². The van der Waals surface area contributed by atoms with Crippen molar-refractivity contribution in [3.8, 4) is 0 Å². The van der Waals surface area contributed by atoms with E-state index in [2.05, 4.69) is 18.3 Å². The van der Waals surface area contributed by atoms with Crippen LogP contribution in [0.4, 0.5) is 4.39 Å². The van der Waals surface area contributed by atoms with Crippen LogP contribution in [0.15, 0.2) is 59.0 Å². The lowest BCUT2D eigenvalue weighted by molar-refractivity contribution is 0.472. The highest BCUT2D eigenvalue weighted by atomic mass is 19.1. The Hall–Kier alpha value is -2.13. The van der Waals surface area contributed by atoms with E-state index < -0.39 is 0 Å². The van der Waals surface area contributed by atoms with Gasteiger partial charge >= 0.3 is 0 Å². The van der Waals surface area contributed by atoms with Crippen molar-refractivity contribution >= 4 is 11.0 Å². The van der Waals surface area contributed by atoms with Crippen molar-refractivity contribution in [2.45, 2.75) is 25.9 Å². The molecule has 1 unspecified atom stereocenters. The van der Waals surface area contributed by atoms with Gasteiger partial charge in [0.05, 0.1) is 6.54 Å². The third kappa shape index (κ3) is 3.50. The van der Waals surface area contributed by atoms with Crippen molar-refractivity contribution < 1.29 is 8.81 Å². The number of nitrogens with one attached hydrogen (secondary N) is 1. The zero-order chi connectivity index (χ0) is 14.7. The van der Waals surface area contributed by atoms with E-state index in [4.69, 9.17) is 4.42 Å². The van der Waals surface area contributed by atoms with Crippen LogP contribution in [0.25, 0.3) is 11.0 Å². The zero-order valence-electron chi connectivity index (χ0n) is 12.0. The quantitative estimate of drug-likeness (QED) is 0.755. The molecule has 21 heavy (non-hydrogen) atoms. The Balaban J connectivity index is 1.57. The third-order valence-corrected chi connectivity index (χ3v) is 3.56. The maximum Gasteiger partial charge on any atom is 0.134 e. The van der Waals surface area contributed by atoms with Gasteiger partial charge in [-0.05, 0) is 43.2 Å². The number of rotatable bonds is 5. The first-order chi connectivity index (χ1) is 10.2. The van der Waals surface area contributed by atoms with Gasteiger partial charge in [-0.15, -0.1) is 0 Å². The van der Waals surface area contributed by atoms with E-state index in [-0.39, 0.29) is 5.82 Å². The fraction of sp³-hybridized carbons (Fsp3) is 0.222. The first-order valence-corrected chi connectivity index (χ1v) is 7.16. The van der Waals surface area contributed by atoms with Gasteiger partial charge in [0, 0.05) is 11.4 Å². The predicted molar refractivity (Wildman–Crippen MR) is 82.6 cm³/mol. The summed E-state index contributed by atoms with van der Waals surface area (Å²) < 4.78 is 18.6. The molecule has 0 aliphatic heterocycles. The van der Waals surface area contributed by atoms with Crippen molar-refractivity contribution in [3.05, 3.63) is 71.7 Å². The van der Waals surface area contributed by atoms with Crippen molar-refractivity contribution in [1.29, 1.82) is 0 Å². The number of furan rings is 1. The second-order valence-corrected chi connectivity index (χ2v) is 5.36. The summed E-state index contributed by atoms with van der Waals surface area (Å²) >= 11 is 0. The van der Waals surface area contributed by atoms with Crippen LogP contribution in [0.3, 0.4) is 0 Å². The van der Waals surface area contributed by atoms with E-state index in [0.717, 1.165) is 28.7 Å². The summed E-state index contributed by atoms with van der Waals surface area (Å²) in [5.74, 6) is 0.740. The molecule has 108 valence electrons. The first-order valence-electron chi connectivity index (χ1n) is 7.16. The Labute approximate surface area is 123 Å². The number of fused-ring (bicyclic) bond motifs is 1. The summed E-state index contributed by atoms with van der Waals surface area (Å²) in [5.41, 5.74) is 2.04. The Bertz CT molecular complexity index is 684. The fourth-order valence-corrected chi connectivity index (χ4v) is 2.45. The number of para-hydroxylation sites is 1. The molecule has 0 fully saturated rings. The average molecular weight is 283 g/mol. The SMILES string of the molecule is CC(Cc1ccc(F)cc1)NCc1cc2ccccc2o1. The highest BCUT2D eigenvalue weighted by molar-refractivity contribution is 5.77. The van der Waals surface area contributed by atoms with Crippen molar-refractivity contribution in [3.63, 3.8) is 0 Å². The van der Waals surface area contributed by atoms with Gasteiger partial charge in [-0.25, -0.2) is 4.39 Å². The molecule has 0 saturated heterocycles. The van der Waals surface area contributed by atoms with Gasteiger partial charge in [-0.2, -0.15) is 0 Å². The molecule has 0 aliphatic carbocycles. The highest BCUT2D eigenvalue weighted by Crippen LogP contribution is 2.18. The third-order valence-electron chi connectivity index (χ3n) is 3.56. The molecule has 3 rings (SSSR count). The number of hydrogen-bond acceptors (Lipinski definition) is 2. The van der Waals surface area contributed by atoms with Crippen LogP contribution >= 0.6 is 0 Å². The Kier molecular flexibility index (Phi) is 4.02. The standard InChI is InChI=1S/C18H18FNO/c1-13(10-14-6-8-16(19)9-7-14)20-12-17-11-15-4-2-3-5-18(15)21-17/h2-9,11,13,20H,10,12H2,1H3. The molecular formula is C18H18FNO. The molecule has 3 aromatic rings. The van der Waals surface area contributed by atoms with E-state index in [1.807, 2.05) is 36.4 Å². The van der Waals surface area contributed by atoms with Gasteiger partial charge < -0.3 is 9.73 Å². The molecule has 1 atom stereocenters. The number of halogens is 1. The number of hydrogen-bond donors (Lipinski definition) is 1. The van der Waals surface area contributed by atoms with Gasteiger partial charge in [-0.1, -0.05) is 30.3 Å². The lowest BCUT2D eigenvalue weighted by Gasteiger charge is -2.12. The molecule has 0 radical (unpaired) electrons. The molecule has 0 spiro atoms. The topological polar surface area (TPSA) is 25.2 Å². The average Bonchev–Trinajstić information content (AvgIpc) is 2.90. The minimum atomic E-state index is -0.193. The summed E-state index contributed by atoms with van der Waals surface area (Å²) in [7, 11) is 0. The minimum absolute atomic E-state index is 0.193. The van der Waals surface area contributed by atoms with Gasteiger partial charge in [0.15, 0.2) is 0 Å². The molecule has 1 N–H and O–H groups in total. The van der Waals surface area contributed by atoms with Crippen LogP contribution in [0, 0.1) is 5.82 Å². The lowest BCUT2D eigenvalue weighted by atomic mass is 10.1. The van der Waals surface area contributed by atoms with Crippen molar-refractivity contribution in [2.75, 3.05) is 0 Å². The Morgan fingerprint density at radius 2 is 1.86 bits per heavy atom. The number of benzene rings is 2. The van der Waals surface area contributed by atoms with Crippen LogP contribution in [0.2, 0.25) is 0 Å². The lowest BCUT2D eigenvalue weighted by Crippen LogP contribution is -2.27. The molecule has 0 aliphatic rings. The Morgan fingerprint density at radius 3 is 2.62 bits per heavy atom. The van der Waals surface area contributed by atoms with Gasteiger partial charge in [0.1, 0.15) is 17.2 Å². The second-order valence-electron chi connectivity index (χ2n) is 5.36. The smallest absolute Gasteiger partial charge is 0.134 e. The van der Waals surface area contributed by atoms with E-state index in [1.165, 1.54) is 12.1 Å². The molecule has 1 heterocycles.